The molecule has 0 saturated carbocycles. The number of nitrogens with zero attached hydrogens (tertiary/aromatic N) is 2. The van der Waals surface area contributed by atoms with Gasteiger partial charge < -0.3 is 5.11 Å². The fraction of sp³-hybridized carbons (Fsp3) is 0.333. The molecule has 1 aromatic heterocycles. The largest absolute Gasteiger partial charge is 0.481 e. The lowest BCUT2D eigenvalue weighted by Gasteiger charge is -2.35. The maximum atomic E-state index is 12.0. The maximum absolute atomic E-state index is 12.0. The minimum atomic E-state index is -3.72. The quantitative estimate of drug-likeness (QED) is 0.810. The van der Waals surface area contributed by atoms with E-state index in [0.717, 1.165) is 4.31 Å². The minimum Gasteiger partial charge on any atom is -0.481 e. The van der Waals surface area contributed by atoms with Gasteiger partial charge in [0.25, 0.3) is 0 Å². The van der Waals surface area contributed by atoms with Crippen LogP contribution in [0.1, 0.15) is 0 Å². The standard InChI is InChI=1S/C9H9ClN2O4S/c10-8-7(2-1-3-11-8)17(15,16)12-4-6(5-12)9(13)14/h1-3,6H,4-5H2,(H,13,14). The van der Waals surface area contributed by atoms with Crippen LogP contribution in [0.2, 0.25) is 5.15 Å². The maximum Gasteiger partial charge on any atom is 0.309 e. The lowest BCUT2D eigenvalue weighted by Crippen LogP contribution is -2.52. The molecule has 1 saturated heterocycles. The van der Waals surface area contributed by atoms with Gasteiger partial charge in [0.1, 0.15) is 10.0 Å². The summed E-state index contributed by atoms with van der Waals surface area (Å²) in [4.78, 5) is 14.2. The zero-order chi connectivity index (χ0) is 12.6. The molecule has 8 heteroatoms. The number of hydrogen-bond donors (Lipinski definition) is 1. The second-order valence-electron chi connectivity index (χ2n) is 3.65. The predicted molar refractivity (Wildman–Crippen MR) is 59.1 cm³/mol. The molecule has 0 unspecified atom stereocenters. The molecule has 0 radical (unpaired) electrons. The fourth-order valence-corrected chi connectivity index (χ4v) is 3.45. The van der Waals surface area contributed by atoms with E-state index in [-0.39, 0.29) is 23.1 Å². The molecule has 0 aromatic carbocycles. The monoisotopic (exact) mass is 276 g/mol. The molecule has 0 spiro atoms. The predicted octanol–water partition coefficient (Wildman–Crippen LogP) is 0.440. The van der Waals surface area contributed by atoms with Crippen molar-refractivity contribution in [3.63, 3.8) is 0 Å². The molecule has 1 aliphatic heterocycles. The van der Waals surface area contributed by atoms with E-state index in [1.165, 1.54) is 18.3 Å². The van der Waals surface area contributed by atoms with Crippen LogP contribution in [-0.2, 0) is 14.8 Å². The van der Waals surface area contributed by atoms with Crippen LogP contribution in [-0.4, -0.2) is 41.9 Å². The summed E-state index contributed by atoms with van der Waals surface area (Å²) in [6.07, 6.45) is 1.39. The molecule has 0 aliphatic carbocycles. The van der Waals surface area contributed by atoms with Gasteiger partial charge in [0, 0.05) is 19.3 Å². The van der Waals surface area contributed by atoms with E-state index in [1.807, 2.05) is 0 Å². The average molecular weight is 277 g/mol. The number of sulfonamides is 1. The lowest BCUT2D eigenvalue weighted by molar-refractivity contribution is -0.145. The summed E-state index contributed by atoms with van der Waals surface area (Å²) in [6, 6.07) is 2.81. The van der Waals surface area contributed by atoms with E-state index in [9.17, 15) is 13.2 Å². The number of carboxylic acid groups (broad SMARTS) is 1. The Balaban J connectivity index is 2.23. The van der Waals surface area contributed by atoms with Crippen molar-refractivity contribution in [1.29, 1.82) is 0 Å². The van der Waals surface area contributed by atoms with Gasteiger partial charge in [-0.2, -0.15) is 4.31 Å². The molecule has 2 rings (SSSR count). The molecule has 17 heavy (non-hydrogen) atoms. The molecule has 2 heterocycles. The third-order valence-corrected chi connectivity index (χ3v) is 4.82. The molecule has 1 aromatic rings. The fourth-order valence-electron chi connectivity index (χ4n) is 1.49. The number of hydrogen-bond acceptors (Lipinski definition) is 4. The van der Waals surface area contributed by atoms with E-state index in [0.29, 0.717) is 0 Å². The van der Waals surface area contributed by atoms with Crippen LogP contribution >= 0.6 is 11.6 Å². The first kappa shape index (κ1) is 12.3. The van der Waals surface area contributed by atoms with Crippen molar-refractivity contribution < 1.29 is 18.3 Å². The molecule has 92 valence electrons. The average Bonchev–Trinajstić information content (AvgIpc) is 2.14. The van der Waals surface area contributed by atoms with Crippen LogP contribution in [0.25, 0.3) is 0 Å². The van der Waals surface area contributed by atoms with E-state index in [1.54, 1.807) is 0 Å². The van der Waals surface area contributed by atoms with Crippen LogP contribution in [0.15, 0.2) is 23.2 Å². The number of halogens is 1. The van der Waals surface area contributed by atoms with Crippen molar-refractivity contribution >= 4 is 27.6 Å². The second kappa shape index (κ2) is 4.25. The highest BCUT2D eigenvalue weighted by Gasteiger charge is 2.41. The molecule has 1 aliphatic rings. The highest BCUT2D eigenvalue weighted by Crippen LogP contribution is 2.28. The molecular formula is C9H9ClN2O4S. The number of rotatable bonds is 3. The van der Waals surface area contributed by atoms with Crippen molar-refractivity contribution in [1.82, 2.24) is 9.29 Å². The summed E-state index contributed by atoms with van der Waals surface area (Å²) in [5.41, 5.74) is 0. The summed E-state index contributed by atoms with van der Waals surface area (Å²) in [6.45, 7) is -0.0498. The van der Waals surface area contributed by atoms with Crippen molar-refractivity contribution in [2.45, 2.75) is 4.90 Å². The van der Waals surface area contributed by atoms with Crippen molar-refractivity contribution in [2.75, 3.05) is 13.1 Å². The first-order valence-electron chi connectivity index (χ1n) is 4.76. The van der Waals surface area contributed by atoms with Gasteiger partial charge in [-0.15, -0.1) is 0 Å². The van der Waals surface area contributed by atoms with Gasteiger partial charge in [0.2, 0.25) is 10.0 Å². The van der Waals surface area contributed by atoms with Gasteiger partial charge in [0.15, 0.2) is 0 Å². The van der Waals surface area contributed by atoms with Crippen molar-refractivity contribution in [2.24, 2.45) is 5.92 Å². The summed E-state index contributed by atoms with van der Waals surface area (Å²) in [7, 11) is -3.72. The van der Waals surface area contributed by atoms with Crippen molar-refractivity contribution in [3.8, 4) is 0 Å². The summed E-state index contributed by atoms with van der Waals surface area (Å²) in [5.74, 6) is -1.63. The summed E-state index contributed by atoms with van der Waals surface area (Å²) >= 11 is 5.70. The zero-order valence-electron chi connectivity index (χ0n) is 8.58. The molecular weight excluding hydrogens is 268 g/mol. The zero-order valence-corrected chi connectivity index (χ0v) is 10.1. The first-order chi connectivity index (χ1) is 7.93. The number of carbonyl (C=O) groups is 1. The molecule has 0 bridgehead atoms. The Morgan fingerprint density at radius 2 is 2.18 bits per heavy atom. The smallest absolute Gasteiger partial charge is 0.309 e. The van der Waals surface area contributed by atoms with Gasteiger partial charge in [-0.25, -0.2) is 13.4 Å². The number of aliphatic carboxylic acids is 1. The Morgan fingerprint density at radius 1 is 1.53 bits per heavy atom. The Bertz CT molecular complexity index is 554. The minimum absolute atomic E-state index is 0.0249. The van der Waals surface area contributed by atoms with Gasteiger partial charge in [-0.1, -0.05) is 11.6 Å². The van der Waals surface area contributed by atoms with Crippen LogP contribution in [0.5, 0.6) is 0 Å². The van der Waals surface area contributed by atoms with Gasteiger partial charge in [-0.05, 0) is 12.1 Å². The van der Waals surface area contributed by atoms with E-state index < -0.39 is 21.9 Å². The van der Waals surface area contributed by atoms with Gasteiger partial charge >= 0.3 is 5.97 Å². The molecule has 0 atom stereocenters. The van der Waals surface area contributed by atoms with E-state index >= 15 is 0 Å². The van der Waals surface area contributed by atoms with Gasteiger partial charge in [0.05, 0.1) is 5.92 Å². The van der Waals surface area contributed by atoms with E-state index in [2.05, 4.69) is 4.98 Å². The third-order valence-electron chi connectivity index (χ3n) is 2.54. The first-order valence-corrected chi connectivity index (χ1v) is 6.58. The van der Waals surface area contributed by atoms with Crippen LogP contribution in [0.3, 0.4) is 0 Å². The molecule has 0 amide bonds. The number of aromatic nitrogens is 1. The topological polar surface area (TPSA) is 87.6 Å². The Labute approximate surface area is 103 Å². The summed E-state index contributed by atoms with van der Waals surface area (Å²) in [5, 5.41) is 8.58. The van der Waals surface area contributed by atoms with Crippen LogP contribution in [0.4, 0.5) is 0 Å². The summed E-state index contributed by atoms with van der Waals surface area (Å²) < 4.78 is 25.1. The van der Waals surface area contributed by atoms with E-state index in [4.69, 9.17) is 16.7 Å². The molecule has 1 fully saturated rings. The Hall–Kier alpha value is -1.18. The number of pyridine rings is 1. The Morgan fingerprint density at radius 3 is 2.71 bits per heavy atom. The number of carboxylic acids is 1. The highest BCUT2D eigenvalue weighted by molar-refractivity contribution is 7.89. The van der Waals surface area contributed by atoms with Crippen LogP contribution < -0.4 is 0 Å². The van der Waals surface area contributed by atoms with Crippen molar-refractivity contribution in [3.05, 3.63) is 23.5 Å². The lowest BCUT2D eigenvalue weighted by atomic mass is 10.0. The second-order valence-corrected chi connectivity index (χ2v) is 5.91. The van der Waals surface area contributed by atoms with Gasteiger partial charge in [-0.3, -0.25) is 4.79 Å². The highest BCUT2D eigenvalue weighted by atomic mass is 35.5. The van der Waals surface area contributed by atoms with Crippen LogP contribution in [0, 0.1) is 5.92 Å². The third kappa shape index (κ3) is 2.13. The SMILES string of the molecule is O=C(O)C1CN(S(=O)(=O)c2cccnc2Cl)C1. The Kier molecular flexibility index (Phi) is 3.07. The molecule has 1 N–H and O–H groups in total. The normalized spacial score (nSPS) is 17.7. The molecule has 6 nitrogen and oxygen atoms in total.